The summed E-state index contributed by atoms with van der Waals surface area (Å²) in [6.45, 7) is 1.85. The van der Waals surface area contributed by atoms with Gasteiger partial charge < -0.3 is 35.2 Å². The molecule has 0 aliphatic carbocycles. The number of carbonyl (C=O) groups excluding carboxylic acids is 1. The minimum atomic E-state index is -1.54. The maximum atomic E-state index is 11.0. The Morgan fingerprint density at radius 2 is 2.00 bits per heavy atom. The van der Waals surface area contributed by atoms with E-state index in [1.54, 1.807) is 0 Å². The molecule has 1 amide bonds. The zero-order chi connectivity index (χ0) is 15.4. The van der Waals surface area contributed by atoms with Crippen molar-refractivity contribution in [1.29, 1.82) is 0 Å². The molecular weight excluding hydrogens is 274 g/mol. The summed E-state index contributed by atoms with van der Waals surface area (Å²) in [5.74, 6) is -1.76. The van der Waals surface area contributed by atoms with Gasteiger partial charge in [-0.1, -0.05) is 0 Å². The third-order valence-electron chi connectivity index (χ3n) is 2.95. The number of aliphatic carboxylic acids is 1. The average Bonchev–Trinajstić information content (AvgIpc) is 2.36. The fraction of sp³-hybridized carbons (Fsp3) is 0.818. The zero-order valence-corrected chi connectivity index (χ0v) is 11.1. The Balaban J connectivity index is 2.86. The molecule has 0 bridgehead atoms. The van der Waals surface area contributed by atoms with Crippen molar-refractivity contribution in [2.24, 2.45) is 0 Å². The Morgan fingerprint density at radius 1 is 1.40 bits per heavy atom. The third kappa shape index (κ3) is 3.87. The number of carboxylic acid groups (broad SMARTS) is 1. The van der Waals surface area contributed by atoms with Gasteiger partial charge >= 0.3 is 5.97 Å². The van der Waals surface area contributed by atoms with E-state index in [1.165, 1.54) is 13.8 Å². The molecule has 0 aromatic heterocycles. The van der Waals surface area contributed by atoms with Crippen molar-refractivity contribution in [1.82, 2.24) is 5.32 Å². The van der Waals surface area contributed by atoms with Gasteiger partial charge in [-0.05, 0) is 6.92 Å². The lowest BCUT2D eigenvalue weighted by Gasteiger charge is -2.42. The molecule has 1 aliphatic rings. The summed E-state index contributed by atoms with van der Waals surface area (Å²) >= 11 is 0. The highest BCUT2D eigenvalue weighted by Crippen LogP contribution is 2.23. The Kier molecular flexibility index (Phi) is 5.84. The number of ether oxygens (including phenoxy) is 2. The van der Waals surface area contributed by atoms with Crippen LogP contribution in [0.15, 0.2) is 0 Å². The lowest BCUT2D eigenvalue weighted by Crippen LogP contribution is -2.65. The molecule has 0 aromatic carbocycles. The average molecular weight is 293 g/mol. The molecule has 0 saturated carbocycles. The second-order valence-corrected chi connectivity index (χ2v) is 4.55. The number of carboxylic acids is 1. The van der Waals surface area contributed by atoms with Gasteiger partial charge in [0.2, 0.25) is 5.91 Å². The number of hydrogen-bond acceptors (Lipinski definition) is 7. The van der Waals surface area contributed by atoms with Crippen LogP contribution in [0.3, 0.4) is 0 Å². The van der Waals surface area contributed by atoms with Crippen molar-refractivity contribution in [3.8, 4) is 0 Å². The molecule has 9 heteroatoms. The Morgan fingerprint density at radius 3 is 2.45 bits per heavy atom. The number of amides is 1. The molecule has 20 heavy (non-hydrogen) atoms. The standard InChI is InChI=1S/C11H19NO8/c1-4(10(16)17)19-9-6(3-13)20-11(18)7(8(9)15)12-5(2)14/h4,6-9,11,13,15,18H,3H2,1-2H3,(H,12,14)(H,16,17)/t4?,6-,7-,8-,9-,11+/m1/s1. The van der Waals surface area contributed by atoms with Crippen LogP contribution in [0.2, 0.25) is 0 Å². The summed E-state index contributed by atoms with van der Waals surface area (Å²) in [4.78, 5) is 21.8. The minimum absolute atomic E-state index is 0.510. The number of carbonyl (C=O) groups is 2. The van der Waals surface area contributed by atoms with Gasteiger partial charge in [0, 0.05) is 6.92 Å². The van der Waals surface area contributed by atoms with E-state index in [2.05, 4.69) is 5.32 Å². The van der Waals surface area contributed by atoms with Crippen LogP contribution in [0.1, 0.15) is 13.8 Å². The Bertz CT molecular complexity index is 362. The monoisotopic (exact) mass is 293 g/mol. The van der Waals surface area contributed by atoms with Gasteiger partial charge in [0.1, 0.15) is 24.4 Å². The second kappa shape index (κ2) is 6.95. The van der Waals surface area contributed by atoms with E-state index in [4.69, 9.17) is 19.7 Å². The number of rotatable bonds is 5. The molecule has 1 rings (SSSR count). The van der Waals surface area contributed by atoms with E-state index in [9.17, 15) is 19.8 Å². The molecule has 1 heterocycles. The van der Waals surface area contributed by atoms with E-state index in [0.29, 0.717) is 0 Å². The molecule has 0 radical (unpaired) electrons. The van der Waals surface area contributed by atoms with Crippen molar-refractivity contribution in [2.45, 2.75) is 50.6 Å². The third-order valence-corrected chi connectivity index (χ3v) is 2.95. The summed E-state index contributed by atoms with van der Waals surface area (Å²) in [6, 6.07) is -1.18. The Labute approximate surface area is 115 Å². The number of nitrogens with one attached hydrogen (secondary N) is 1. The van der Waals surface area contributed by atoms with Gasteiger partial charge in [0.15, 0.2) is 12.4 Å². The van der Waals surface area contributed by atoms with Crippen LogP contribution < -0.4 is 5.32 Å². The van der Waals surface area contributed by atoms with Crippen molar-refractivity contribution in [2.75, 3.05) is 6.61 Å². The first-order chi connectivity index (χ1) is 9.27. The van der Waals surface area contributed by atoms with Gasteiger partial charge in [-0.2, -0.15) is 0 Å². The highest BCUT2D eigenvalue weighted by atomic mass is 16.6. The summed E-state index contributed by atoms with van der Waals surface area (Å²) in [6.07, 6.45) is -6.52. The molecule has 1 aliphatic heterocycles. The van der Waals surface area contributed by atoms with Gasteiger partial charge in [-0.25, -0.2) is 4.79 Å². The quantitative estimate of drug-likeness (QED) is 0.371. The van der Waals surface area contributed by atoms with Crippen LogP contribution in [0, 0.1) is 0 Å². The van der Waals surface area contributed by atoms with Crippen LogP contribution in [0.25, 0.3) is 0 Å². The van der Waals surface area contributed by atoms with Crippen LogP contribution in [-0.4, -0.2) is 75.7 Å². The minimum Gasteiger partial charge on any atom is -0.479 e. The predicted octanol–water partition coefficient (Wildman–Crippen LogP) is -2.58. The van der Waals surface area contributed by atoms with Crippen LogP contribution in [0.4, 0.5) is 0 Å². The first-order valence-corrected chi connectivity index (χ1v) is 6.05. The highest BCUT2D eigenvalue weighted by molar-refractivity contribution is 5.73. The van der Waals surface area contributed by atoms with Crippen LogP contribution in [-0.2, 0) is 19.1 Å². The van der Waals surface area contributed by atoms with Gasteiger partial charge in [-0.3, -0.25) is 4.79 Å². The molecule has 5 N–H and O–H groups in total. The molecule has 116 valence electrons. The fourth-order valence-corrected chi connectivity index (χ4v) is 1.93. The van der Waals surface area contributed by atoms with Crippen molar-refractivity contribution in [3.63, 3.8) is 0 Å². The zero-order valence-electron chi connectivity index (χ0n) is 11.1. The molecule has 9 nitrogen and oxygen atoms in total. The summed E-state index contributed by atoms with van der Waals surface area (Å²) < 4.78 is 10.2. The topological polar surface area (TPSA) is 146 Å². The predicted molar refractivity (Wildman–Crippen MR) is 63.5 cm³/mol. The lowest BCUT2D eigenvalue weighted by atomic mass is 9.96. The van der Waals surface area contributed by atoms with Crippen LogP contribution >= 0.6 is 0 Å². The smallest absolute Gasteiger partial charge is 0.332 e. The normalized spacial score (nSPS) is 35.4. The molecule has 1 fully saturated rings. The number of aliphatic hydroxyl groups excluding tert-OH is 3. The maximum Gasteiger partial charge on any atom is 0.332 e. The molecule has 1 unspecified atom stereocenters. The lowest BCUT2D eigenvalue weighted by molar-refractivity contribution is -0.269. The van der Waals surface area contributed by atoms with E-state index >= 15 is 0 Å². The SMILES string of the molecule is CC(=O)N[C@@H]1[C@@H](O)[C@H](OC(C)C(=O)O)[C@@H](CO)O[C@@H]1O. The highest BCUT2D eigenvalue weighted by Gasteiger charge is 2.46. The van der Waals surface area contributed by atoms with E-state index < -0.39 is 55.2 Å². The molecular formula is C11H19NO8. The maximum absolute atomic E-state index is 11.0. The first kappa shape index (κ1) is 16.8. The summed E-state index contributed by atoms with van der Waals surface area (Å²) in [5.41, 5.74) is 0. The fourth-order valence-electron chi connectivity index (χ4n) is 1.93. The van der Waals surface area contributed by atoms with Crippen molar-refractivity contribution in [3.05, 3.63) is 0 Å². The van der Waals surface area contributed by atoms with Gasteiger partial charge in [0.25, 0.3) is 0 Å². The van der Waals surface area contributed by atoms with Crippen molar-refractivity contribution >= 4 is 11.9 Å². The number of aliphatic hydroxyl groups is 3. The van der Waals surface area contributed by atoms with E-state index in [-0.39, 0.29) is 0 Å². The molecule has 0 spiro atoms. The molecule has 1 saturated heterocycles. The van der Waals surface area contributed by atoms with E-state index in [0.717, 1.165) is 0 Å². The summed E-state index contributed by atoms with van der Waals surface area (Å²) in [7, 11) is 0. The largest absolute Gasteiger partial charge is 0.479 e. The van der Waals surface area contributed by atoms with E-state index in [1.807, 2.05) is 0 Å². The molecule has 0 aromatic rings. The van der Waals surface area contributed by atoms with Gasteiger partial charge in [0.05, 0.1) is 6.61 Å². The number of hydrogen-bond donors (Lipinski definition) is 5. The molecule has 6 atom stereocenters. The summed E-state index contributed by atoms with van der Waals surface area (Å²) in [5, 5.41) is 40.0. The second-order valence-electron chi connectivity index (χ2n) is 4.55. The van der Waals surface area contributed by atoms with Crippen molar-refractivity contribution < 1.29 is 39.5 Å². The first-order valence-electron chi connectivity index (χ1n) is 6.05. The Hall–Kier alpha value is -1.26. The van der Waals surface area contributed by atoms with Gasteiger partial charge in [-0.15, -0.1) is 0 Å². The van der Waals surface area contributed by atoms with Crippen LogP contribution in [0.5, 0.6) is 0 Å².